The van der Waals surface area contributed by atoms with E-state index in [1.54, 1.807) is 56.6 Å². The maximum atomic E-state index is 12.8. The van der Waals surface area contributed by atoms with Crippen LogP contribution >= 0.6 is 0 Å². The van der Waals surface area contributed by atoms with Crippen LogP contribution in [0.5, 0.6) is 17.2 Å². The van der Waals surface area contributed by atoms with Gasteiger partial charge in [-0.25, -0.2) is 0 Å². The minimum Gasteiger partial charge on any atom is -0.496 e. The minimum atomic E-state index is -0.257. The number of nitrogens with zero attached hydrogens (tertiary/aromatic N) is 1. The highest BCUT2D eigenvalue weighted by Gasteiger charge is 2.25. The zero-order valence-electron chi connectivity index (χ0n) is 16.3. The van der Waals surface area contributed by atoms with E-state index in [9.17, 15) is 9.59 Å². The number of nitrogens with one attached hydrogen (secondary N) is 1. The van der Waals surface area contributed by atoms with E-state index in [-0.39, 0.29) is 18.4 Å². The van der Waals surface area contributed by atoms with Gasteiger partial charge in [0.15, 0.2) is 11.5 Å². The van der Waals surface area contributed by atoms with Gasteiger partial charge in [-0.2, -0.15) is 0 Å². The summed E-state index contributed by atoms with van der Waals surface area (Å²) in [5, 5.41) is 2.90. The molecular weight excluding hydrogens is 360 g/mol. The maximum absolute atomic E-state index is 12.8. The van der Waals surface area contributed by atoms with Crippen molar-refractivity contribution in [3.05, 3.63) is 47.5 Å². The van der Waals surface area contributed by atoms with Crippen molar-refractivity contribution in [1.82, 2.24) is 5.32 Å². The summed E-state index contributed by atoms with van der Waals surface area (Å²) in [6.45, 7) is 0.872. The molecule has 0 unspecified atom stereocenters. The molecule has 148 valence electrons. The van der Waals surface area contributed by atoms with Gasteiger partial charge in [-0.05, 0) is 24.6 Å². The van der Waals surface area contributed by atoms with Gasteiger partial charge in [-0.1, -0.05) is 12.1 Å². The fraction of sp³-hybridized carbons (Fsp3) is 0.333. The maximum Gasteiger partial charge on any atom is 0.253 e. The minimum absolute atomic E-state index is 0.0433. The first-order valence-electron chi connectivity index (χ1n) is 9.05. The summed E-state index contributed by atoms with van der Waals surface area (Å²) >= 11 is 0. The van der Waals surface area contributed by atoms with Crippen LogP contribution < -0.4 is 24.4 Å². The van der Waals surface area contributed by atoms with Crippen molar-refractivity contribution >= 4 is 17.5 Å². The third-order valence-corrected chi connectivity index (χ3v) is 4.74. The molecule has 1 fully saturated rings. The molecule has 1 aliphatic rings. The Balaban J connectivity index is 1.81. The molecule has 1 aliphatic heterocycles. The van der Waals surface area contributed by atoms with Crippen molar-refractivity contribution < 1.29 is 23.8 Å². The summed E-state index contributed by atoms with van der Waals surface area (Å²) < 4.78 is 16.0. The first kappa shape index (κ1) is 19.5. The number of carbonyl (C=O) groups excluding carboxylic acids is 2. The van der Waals surface area contributed by atoms with Gasteiger partial charge >= 0.3 is 0 Å². The van der Waals surface area contributed by atoms with E-state index in [0.717, 1.165) is 12.0 Å². The van der Waals surface area contributed by atoms with Crippen molar-refractivity contribution in [1.29, 1.82) is 0 Å². The molecular formula is C21H24N2O5. The number of anilines is 1. The van der Waals surface area contributed by atoms with E-state index in [2.05, 4.69) is 5.32 Å². The Morgan fingerprint density at radius 2 is 1.71 bits per heavy atom. The van der Waals surface area contributed by atoms with Crippen LogP contribution in [-0.2, 0) is 11.3 Å². The second-order valence-corrected chi connectivity index (χ2v) is 6.37. The standard InChI is InChI=1S/C21H24N2O5/c1-26-17-12-19(28-3)18(27-2)11-14(17)13-22-21(25)15-7-4-5-8-16(15)23-10-6-9-20(23)24/h4-5,7-8,11-12H,6,9-10,13H2,1-3H3,(H,22,25). The van der Waals surface area contributed by atoms with Gasteiger partial charge in [-0.3, -0.25) is 9.59 Å². The van der Waals surface area contributed by atoms with Gasteiger partial charge in [-0.15, -0.1) is 0 Å². The van der Waals surface area contributed by atoms with Crippen LogP contribution in [-0.4, -0.2) is 39.7 Å². The number of amides is 2. The molecule has 2 amide bonds. The fourth-order valence-corrected chi connectivity index (χ4v) is 3.31. The Bertz CT molecular complexity index is 881. The van der Waals surface area contributed by atoms with Crippen LogP contribution in [0.4, 0.5) is 5.69 Å². The molecule has 0 atom stereocenters. The number of benzene rings is 2. The molecule has 0 saturated carbocycles. The lowest BCUT2D eigenvalue weighted by molar-refractivity contribution is -0.117. The number of hydrogen-bond acceptors (Lipinski definition) is 5. The molecule has 2 aromatic carbocycles. The predicted molar refractivity (Wildman–Crippen MR) is 105 cm³/mol. The molecule has 0 aromatic heterocycles. The van der Waals surface area contributed by atoms with Crippen LogP contribution in [0.15, 0.2) is 36.4 Å². The quantitative estimate of drug-likeness (QED) is 0.794. The Hall–Kier alpha value is -3.22. The van der Waals surface area contributed by atoms with Gasteiger partial charge in [0.2, 0.25) is 5.91 Å². The van der Waals surface area contributed by atoms with Gasteiger partial charge < -0.3 is 24.4 Å². The summed E-state index contributed by atoms with van der Waals surface area (Å²) in [4.78, 5) is 26.6. The number of ether oxygens (including phenoxy) is 3. The van der Waals surface area contributed by atoms with Gasteiger partial charge in [0.05, 0.1) is 32.6 Å². The molecule has 1 heterocycles. The van der Waals surface area contributed by atoms with Crippen molar-refractivity contribution in [2.24, 2.45) is 0 Å². The third kappa shape index (κ3) is 3.88. The molecule has 0 radical (unpaired) electrons. The van der Waals surface area contributed by atoms with Gasteiger partial charge in [0, 0.05) is 31.1 Å². The Morgan fingerprint density at radius 3 is 2.36 bits per heavy atom. The predicted octanol–water partition coefficient (Wildman–Crippen LogP) is 2.77. The van der Waals surface area contributed by atoms with E-state index in [0.29, 0.717) is 41.5 Å². The second kappa shape index (κ2) is 8.65. The molecule has 0 spiro atoms. The van der Waals surface area contributed by atoms with Crippen LogP contribution in [0, 0.1) is 0 Å². The Labute approximate surface area is 164 Å². The molecule has 2 aromatic rings. The van der Waals surface area contributed by atoms with Crippen LogP contribution in [0.2, 0.25) is 0 Å². The number of rotatable bonds is 7. The van der Waals surface area contributed by atoms with Gasteiger partial charge in [0.1, 0.15) is 5.75 Å². The molecule has 28 heavy (non-hydrogen) atoms. The summed E-state index contributed by atoms with van der Waals surface area (Å²) in [7, 11) is 4.66. The zero-order valence-corrected chi connectivity index (χ0v) is 16.3. The first-order chi connectivity index (χ1) is 13.6. The number of para-hydroxylation sites is 1. The second-order valence-electron chi connectivity index (χ2n) is 6.37. The largest absolute Gasteiger partial charge is 0.496 e. The summed E-state index contributed by atoms with van der Waals surface area (Å²) in [6.07, 6.45) is 1.32. The van der Waals surface area contributed by atoms with Crippen LogP contribution in [0.1, 0.15) is 28.8 Å². The lowest BCUT2D eigenvalue weighted by Crippen LogP contribution is -2.29. The molecule has 7 nitrogen and oxygen atoms in total. The average Bonchev–Trinajstić information content (AvgIpc) is 3.16. The van der Waals surface area contributed by atoms with Crippen molar-refractivity contribution in [2.45, 2.75) is 19.4 Å². The van der Waals surface area contributed by atoms with Gasteiger partial charge in [0.25, 0.3) is 5.91 Å². The van der Waals surface area contributed by atoms with Crippen LogP contribution in [0.3, 0.4) is 0 Å². The smallest absolute Gasteiger partial charge is 0.253 e. The van der Waals surface area contributed by atoms with Crippen LogP contribution in [0.25, 0.3) is 0 Å². The molecule has 1 N–H and O–H groups in total. The molecule has 7 heteroatoms. The van der Waals surface area contributed by atoms with E-state index >= 15 is 0 Å². The summed E-state index contributed by atoms with van der Waals surface area (Å²) in [6, 6.07) is 10.6. The number of methoxy groups -OCH3 is 3. The SMILES string of the molecule is COc1cc(OC)c(OC)cc1CNC(=O)c1ccccc1N1CCCC1=O. The monoisotopic (exact) mass is 384 g/mol. The van der Waals surface area contributed by atoms with Crippen molar-refractivity contribution in [3.8, 4) is 17.2 Å². The molecule has 3 rings (SSSR count). The summed E-state index contributed by atoms with van der Waals surface area (Å²) in [5.74, 6) is 1.47. The number of carbonyl (C=O) groups is 2. The Morgan fingerprint density at radius 1 is 1.04 bits per heavy atom. The number of hydrogen-bond donors (Lipinski definition) is 1. The highest BCUT2D eigenvalue weighted by molar-refractivity contribution is 6.05. The normalized spacial score (nSPS) is 13.4. The first-order valence-corrected chi connectivity index (χ1v) is 9.05. The highest BCUT2D eigenvalue weighted by atomic mass is 16.5. The van der Waals surface area contributed by atoms with E-state index < -0.39 is 0 Å². The summed E-state index contributed by atoms with van der Waals surface area (Å²) in [5.41, 5.74) is 1.86. The van der Waals surface area contributed by atoms with E-state index in [1.165, 1.54) is 0 Å². The van der Waals surface area contributed by atoms with Crippen molar-refractivity contribution in [2.75, 3.05) is 32.8 Å². The highest BCUT2D eigenvalue weighted by Crippen LogP contribution is 2.34. The fourth-order valence-electron chi connectivity index (χ4n) is 3.31. The zero-order chi connectivity index (χ0) is 20.1. The third-order valence-electron chi connectivity index (χ3n) is 4.74. The topological polar surface area (TPSA) is 77.1 Å². The van der Waals surface area contributed by atoms with E-state index in [4.69, 9.17) is 14.2 Å². The van der Waals surface area contributed by atoms with E-state index in [1.807, 2.05) is 6.07 Å². The lowest BCUT2D eigenvalue weighted by Gasteiger charge is -2.19. The molecule has 1 saturated heterocycles. The molecule has 0 bridgehead atoms. The van der Waals surface area contributed by atoms with Crippen molar-refractivity contribution in [3.63, 3.8) is 0 Å². The Kier molecular flexibility index (Phi) is 6.03. The molecule has 0 aliphatic carbocycles. The lowest BCUT2D eigenvalue weighted by atomic mass is 10.1. The average molecular weight is 384 g/mol.